The zero-order chi connectivity index (χ0) is 7.68. The van der Waals surface area contributed by atoms with Crippen molar-refractivity contribution >= 4 is 5.91 Å². The number of piperidine rings is 1. The molecule has 3 nitrogen and oxygen atoms in total. The first-order chi connectivity index (χ1) is 5.36. The zero-order valence-electron chi connectivity index (χ0n) is 6.68. The molecule has 0 spiro atoms. The van der Waals surface area contributed by atoms with Gasteiger partial charge in [0.15, 0.2) is 0 Å². The Labute approximate surface area is 66.8 Å². The van der Waals surface area contributed by atoms with Gasteiger partial charge in [0.2, 0.25) is 5.91 Å². The molecule has 62 valence electrons. The Morgan fingerprint density at radius 1 is 1.55 bits per heavy atom. The Kier molecular flexibility index (Phi) is 1.82. The molecule has 2 aliphatic rings. The van der Waals surface area contributed by atoms with Crippen LogP contribution < -0.4 is 5.32 Å². The fourth-order valence-electron chi connectivity index (χ4n) is 1.95. The van der Waals surface area contributed by atoms with Crippen LogP contribution in [0.4, 0.5) is 0 Å². The maximum atomic E-state index is 11.3. The van der Waals surface area contributed by atoms with Crippen LogP contribution in [0, 0.1) is 5.92 Å². The molecule has 2 heterocycles. The Morgan fingerprint density at radius 2 is 2.45 bits per heavy atom. The minimum Gasteiger partial charge on any atom is -0.341 e. The van der Waals surface area contributed by atoms with Crippen molar-refractivity contribution in [3.05, 3.63) is 0 Å². The molecule has 0 aromatic rings. The summed E-state index contributed by atoms with van der Waals surface area (Å²) >= 11 is 0. The lowest BCUT2D eigenvalue weighted by atomic mass is 9.99. The van der Waals surface area contributed by atoms with E-state index in [1.54, 1.807) is 0 Å². The highest BCUT2D eigenvalue weighted by Gasteiger charge is 2.25. The van der Waals surface area contributed by atoms with Gasteiger partial charge in [-0.1, -0.05) is 0 Å². The second-order valence-corrected chi connectivity index (χ2v) is 3.48. The normalized spacial score (nSPS) is 31.8. The average Bonchev–Trinajstić information content (AvgIpc) is 2.14. The van der Waals surface area contributed by atoms with E-state index in [-0.39, 0.29) is 5.91 Å². The van der Waals surface area contributed by atoms with Crippen LogP contribution >= 0.6 is 0 Å². The number of hydrogen-bond acceptors (Lipinski definition) is 2. The molecule has 0 aliphatic carbocycles. The first-order valence-electron chi connectivity index (χ1n) is 4.35. The summed E-state index contributed by atoms with van der Waals surface area (Å²) in [6.45, 7) is 3.56. The van der Waals surface area contributed by atoms with Crippen molar-refractivity contribution < 1.29 is 4.79 Å². The summed E-state index contributed by atoms with van der Waals surface area (Å²) in [5.41, 5.74) is 0. The van der Waals surface area contributed by atoms with Gasteiger partial charge >= 0.3 is 0 Å². The van der Waals surface area contributed by atoms with Gasteiger partial charge in [0, 0.05) is 19.6 Å². The summed E-state index contributed by atoms with van der Waals surface area (Å²) in [5.74, 6) is 1.00. The van der Waals surface area contributed by atoms with Gasteiger partial charge in [0.25, 0.3) is 0 Å². The van der Waals surface area contributed by atoms with Gasteiger partial charge in [-0.05, 0) is 18.8 Å². The summed E-state index contributed by atoms with van der Waals surface area (Å²) in [6.07, 6.45) is 2.48. The summed E-state index contributed by atoms with van der Waals surface area (Å²) in [5, 5.41) is 3.18. The van der Waals surface area contributed by atoms with Crippen molar-refractivity contribution in [3.63, 3.8) is 0 Å². The van der Waals surface area contributed by atoms with E-state index in [1.807, 2.05) is 4.90 Å². The molecular weight excluding hydrogens is 140 g/mol. The summed E-state index contributed by atoms with van der Waals surface area (Å²) in [7, 11) is 0. The van der Waals surface area contributed by atoms with E-state index in [0.717, 1.165) is 25.6 Å². The monoisotopic (exact) mass is 154 g/mol. The number of rotatable bonds is 0. The first kappa shape index (κ1) is 7.10. The van der Waals surface area contributed by atoms with Crippen LogP contribution in [0.2, 0.25) is 0 Å². The highest BCUT2D eigenvalue weighted by molar-refractivity contribution is 5.78. The van der Waals surface area contributed by atoms with Gasteiger partial charge in [-0.25, -0.2) is 0 Å². The third-order valence-electron chi connectivity index (χ3n) is 2.58. The Hall–Kier alpha value is -0.570. The molecule has 2 aliphatic heterocycles. The standard InChI is InChI=1S/C8H14N2O/c11-8-5-9-4-7-2-1-3-10(8)6-7/h7,9H,1-6H2/t7-/m1/s1. The van der Waals surface area contributed by atoms with Gasteiger partial charge in [-0.2, -0.15) is 0 Å². The van der Waals surface area contributed by atoms with E-state index in [0.29, 0.717) is 6.54 Å². The van der Waals surface area contributed by atoms with E-state index in [1.165, 1.54) is 12.8 Å². The van der Waals surface area contributed by atoms with Gasteiger partial charge < -0.3 is 10.2 Å². The highest BCUT2D eigenvalue weighted by atomic mass is 16.2. The van der Waals surface area contributed by atoms with Crippen LogP contribution in [0.3, 0.4) is 0 Å². The summed E-state index contributed by atoms with van der Waals surface area (Å²) < 4.78 is 0. The second kappa shape index (κ2) is 2.81. The number of nitrogens with one attached hydrogen (secondary N) is 1. The molecule has 2 rings (SSSR count). The number of amides is 1. The number of nitrogens with zero attached hydrogens (tertiary/aromatic N) is 1. The fraction of sp³-hybridized carbons (Fsp3) is 0.875. The summed E-state index contributed by atoms with van der Waals surface area (Å²) in [4.78, 5) is 13.3. The minimum absolute atomic E-state index is 0.284. The van der Waals surface area contributed by atoms with Crippen LogP contribution in [0.15, 0.2) is 0 Å². The van der Waals surface area contributed by atoms with E-state index >= 15 is 0 Å². The number of hydrogen-bond donors (Lipinski definition) is 1. The quantitative estimate of drug-likeness (QED) is 0.525. The molecule has 0 aromatic heterocycles. The molecule has 2 bridgehead atoms. The fourth-order valence-corrected chi connectivity index (χ4v) is 1.95. The number of fused-ring (bicyclic) bond motifs is 2. The Balaban J connectivity index is 2.07. The van der Waals surface area contributed by atoms with Gasteiger partial charge in [0.05, 0.1) is 6.54 Å². The van der Waals surface area contributed by atoms with E-state index in [4.69, 9.17) is 0 Å². The van der Waals surface area contributed by atoms with Crippen LogP contribution in [-0.4, -0.2) is 37.0 Å². The van der Waals surface area contributed by atoms with Crippen molar-refractivity contribution in [2.75, 3.05) is 26.2 Å². The van der Waals surface area contributed by atoms with Gasteiger partial charge in [-0.15, -0.1) is 0 Å². The molecule has 0 unspecified atom stereocenters. The third-order valence-corrected chi connectivity index (χ3v) is 2.58. The lowest BCUT2D eigenvalue weighted by molar-refractivity contribution is -0.130. The van der Waals surface area contributed by atoms with Crippen molar-refractivity contribution in [1.29, 1.82) is 0 Å². The molecular formula is C8H14N2O. The largest absolute Gasteiger partial charge is 0.341 e. The molecule has 0 saturated carbocycles. The third kappa shape index (κ3) is 1.38. The van der Waals surface area contributed by atoms with Crippen LogP contribution in [0.5, 0.6) is 0 Å². The Bertz CT molecular complexity index is 169. The molecule has 11 heavy (non-hydrogen) atoms. The molecule has 0 aromatic carbocycles. The highest BCUT2D eigenvalue weighted by Crippen LogP contribution is 2.17. The molecule has 0 radical (unpaired) electrons. The van der Waals surface area contributed by atoms with E-state index < -0.39 is 0 Å². The van der Waals surface area contributed by atoms with Crippen molar-refractivity contribution in [1.82, 2.24) is 10.2 Å². The smallest absolute Gasteiger partial charge is 0.236 e. The molecule has 2 fully saturated rings. The zero-order valence-corrected chi connectivity index (χ0v) is 6.68. The maximum absolute atomic E-state index is 11.3. The molecule has 1 atom stereocenters. The number of carbonyl (C=O) groups excluding carboxylic acids is 1. The molecule has 2 saturated heterocycles. The lowest BCUT2D eigenvalue weighted by Gasteiger charge is -2.29. The molecule has 3 heteroatoms. The van der Waals surface area contributed by atoms with Crippen molar-refractivity contribution in [2.45, 2.75) is 12.8 Å². The van der Waals surface area contributed by atoms with Crippen LogP contribution in [0.1, 0.15) is 12.8 Å². The van der Waals surface area contributed by atoms with Crippen LogP contribution in [0.25, 0.3) is 0 Å². The molecule has 1 amide bonds. The number of carbonyl (C=O) groups is 1. The predicted octanol–water partition coefficient (Wildman–Crippen LogP) is -0.172. The van der Waals surface area contributed by atoms with Gasteiger partial charge in [0.1, 0.15) is 0 Å². The average molecular weight is 154 g/mol. The Morgan fingerprint density at radius 3 is 3.36 bits per heavy atom. The first-order valence-corrected chi connectivity index (χ1v) is 4.35. The van der Waals surface area contributed by atoms with Crippen molar-refractivity contribution in [3.8, 4) is 0 Å². The predicted molar refractivity (Wildman–Crippen MR) is 42.2 cm³/mol. The van der Waals surface area contributed by atoms with Gasteiger partial charge in [-0.3, -0.25) is 4.79 Å². The molecule has 1 N–H and O–H groups in total. The second-order valence-electron chi connectivity index (χ2n) is 3.48. The minimum atomic E-state index is 0.284. The van der Waals surface area contributed by atoms with E-state index in [9.17, 15) is 4.79 Å². The maximum Gasteiger partial charge on any atom is 0.236 e. The van der Waals surface area contributed by atoms with E-state index in [2.05, 4.69) is 5.32 Å². The topological polar surface area (TPSA) is 32.3 Å². The van der Waals surface area contributed by atoms with Crippen molar-refractivity contribution in [2.24, 2.45) is 5.92 Å². The van der Waals surface area contributed by atoms with Crippen LogP contribution in [-0.2, 0) is 4.79 Å². The SMILES string of the molecule is O=C1CNC[C@H]2CCCN1C2. The summed E-state index contributed by atoms with van der Waals surface area (Å²) in [6, 6.07) is 0. The lowest BCUT2D eigenvalue weighted by Crippen LogP contribution is -2.39.